The molecule has 0 aromatic heterocycles. The number of rotatable bonds is 1. The zero-order valence-electron chi connectivity index (χ0n) is 11.3. The third-order valence-electron chi connectivity index (χ3n) is 4.53. The average molecular weight is 270 g/mol. The summed E-state index contributed by atoms with van der Waals surface area (Å²) in [7, 11) is 0. The Hall–Kier alpha value is -1.79. The molecule has 1 aromatic rings. The molecule has 1 aromatic carbocycles. The van der Waals surface area contributed by atoms with Crippen LogP contribution in [0.2, 0.25) is 0 Å². The van der Waals surface area contributed by atoms with Crippen LogP contribution < -0.4 is 0 Å². The predicted molar refractivity (Wildman–Crippen MR) is 74.7 cm³/mol. The minimum atomic E-state index is -0.942. The van der Waals surface area contributed by atoms with Gasteiger partial charge in [-0.15, -0.1) is 0 Å². The van der Waals surface area contributed by atoms with Gasteiger partial charge in [-0.3, -0.25) is 4.79 Å². The SMILES string of the molecule is O=C1OC[C@H]2CCCC[C@@]12[C@@H](O)C#Cc1ccccc1. The lowest BCUT2D eigenvalue weighted by Gasteiger charge is -2.36. The molecule has 3 atom stereocenters. The molecule has 2 aliphatic rings. The molecule has 0 bridgehead atoms. The van der Waals surface area contributed by atoms with Crippen molar-refractivity contribution in [3.63, 3.8) is 0 Å². The van der Waals surface area contributed by atoms with Crippen LogP contribution in [0, 0.1) is 23.2 Å². The second-order valence-corrected chi connectivity index (χ2v) is 5.62. The number of fused-ring (bicyclic) bond motifs is 1. The van der Waals surface area contributed by atoms with Gasteiger partial charge in [-0.05, 0) is 25.0 Å². The maximum Gasteiger partial charge on any atom is 0.316 e. The Morgan fingerprint density at radius 2 is 2.10 bits per heavy atom. The number of aliphatic hydroxyl groups is 1. The van der Waals surface area contributed by atoms with Crippen molar-refractivity contribution in [1.82, 2.24) is 0 Å². The van der Waals surface area contributed by atoms with Gasteiger partial charge < -0.3 is 9.84 Å². The average Bonchev–Trinajstić information content (AvgIpc) is 2.84. The molecule has 3 nitrogen and oxygen atoms in total. The van der Waals surface area contributed by atoms with Gasteiger partial charge in [0.2, 0.25) is 0 Å². The van der Waals surface area contributed by atoms with Crippen LogP contribution in [0.4, 0.5) is 0 Å². The van der Waals surface area contributed by atoms with Crippen LogP contribution in [0.25, 0.3) is 0 Å². The fourth-order valence-corrected chi connectivity index (χ4v) is 3.35. The Morgan fingerprint density at radius 3 is 2.90 bits per heavy atom. The molecular formula is C17H18O3. The van der Waals surface area contributed by atoms with Crippen LogP contribution >= 0.6 is 0 Å². The summed E-state index contributed by atoms with van der Waals surface area (Å²) in [6.07, 6.45) is 2.73. The van der Waals surface area contributed by atoms with E-state index in [-0.39, 0.29) is 11.9 Å². The maximum atomic E-state index is 12.1. The van der Waals surface area contributed by atoms with Gasteiger partial charge in [-0.2, -0.15) is 0 Å². The fraction of sp³-hybridized carbons (Fsp3) is 0.471. The first-order chi connectivity index (χ1) is 9.73. The zero-order valence-corrected chi connectivity index (χ0v) is 11.3. The van der Waals surface area contributed by atoms with Gasteiger partial charge >= 0.3 is 5.97 Å². The Labute approximate surface area is 119 Å². The minimum Gasteiger partial charge on any atom is -0.465 e. The summed E-state index contributed by atoms with van der Waals surface area (Å²) in [5.74, 6) is 5.68. The molecule has 3 heteroatoms. The van der Waals surface area contributed by atoms with Gasteiger partial charge in [-0.25, -0.2) is 0 Å². The van der Waals surface area contributed by atoms with Crippen molar-refractivity contribution in [2.24, 2.45) is 11.3 Å². The third kappa shape index (κ3) is 2.10. The summed E-state index contributed by atoms with van der Waals surface area (Å²) in [4.78, 5) is 12.1. The third-order valence-corrected chi connectivity index (χ3v) is 4.53. The van der Waals surface area contributed by atoms with Crippen LogP contribution in [-0.4, -0.2) is 23.8 Å². The molecule has 0 spiro atoms. The van der Waals surface area contributed by atoms with Crippen molar-refractivity contribution in [3.8, 4) is 11.8 Å². The Bertz CT molecular complexity index is 555. The monoisotopic (exact) mass is 270 g/mol. The summed E-state index contributed by atoms with van der Waals surface area (Å²) in [5.41, 5.74) is 0.0571. The molecule has 0 radical (unpaired) electrons. The molecule has 104 valence electrons. The Kier molecular flexibility index (Phi) is 3.50. The lowest BCUT2D eigenvalue weighted by atomic mass is 9.64. The number of aliphatic hydroxyl groups excluding tert-OH is 1. The van der Waals surface area contributed by atoms with Gasteiger partial charge in [0, 0.05) is 11.5 Å². The van der Waals surface area contributed by atoms with Crippen LogP contribution in [0.15, 0.2) is 30.3 Å². The van der Waals surface area contributed by atoms with E-state index in [1.165, 1.54) is 0 Å². The Morgan fingerprint density at radius 1 is 1.30 bits per heavy atom. The number of hydrogen-bond acceptors (Lipinski definition) is 3. The second kappa shape index (κ2) is 5.30. The van der Waals surface area contributed by atoms with E-state index >= 15 is 0 Å². The van der Waals surface area contributed by atoms with E-state index in [1.54, 1.807) is 0 Å². The van der Waals surface area contributed by atoms with E-state index in [0.717, 1.165) is 24.8 Å². The lowest BCUT2D eigenvalue weighted by Crippen LogP contribution is -2.45. The highest BCUT2D eigenvalue weighted by Crippen LogP contribution is 2.48. The van der Waals surface area contributed by atoms with Gasteiger partial charge in [-0.1, -0.05) is 42.9 Å². The fourth-order valence-electron chi connectivity index (χ4n) is 3.35. The molecule has 1 heterocycles. The number of ether oxygens (including phenoxy) is 1. The van der Waals surface area contributed by atoms with Crippen LogP contribution in [-0.2, 0) is 9.53 Å². The van der Waals surface area contributed by atoms with Crippen LogP contribution in [0.1, 0.15) is 31.2 Å². The highest BCUT2D eigenvalue weighted by molar-refractivity contribution is 5.81. The standard InChI is InChI=1S/C17H18O3/c18-15(10-9-13-6-2-1-3-7-13)17-11-5-4-8-14(17)12-20-16(17)19/h1-3,6-7,14-15,18H,4-5,8,11-12H2/t14-,15+,17-/m1/s1. The largest absolute Gasteiger partial charge is 0.465 e. The van der Waals surface area contributed by atoms with Crippen LogP contribution in [0.3, 0.4) is 0 Å². The quantitative estimate of drug-likeness (QED) is 0.628. The predicted octanol–water partition coefficient (Wildman–Crippen LogP) is 2.13. The first-order valence-electron chi connectivity index (χ1n) is 7.15. The van der Waals surface area contributed by atoms with Gasteiger partial charge in [0.1, 0.15) is 11.5 Å². The van der Waals surface area contributed by atoms with Crippen molar-refractivity contribution < 1.29 is 14.6 Å². The molecule has 0 amide bonds. The molecule has 1 saturated carbocycles. The van der Waals surface area contributed by atoms with Gasteiger partial charge in [0.05, 0.1) is 6.61 Å². The van der Waals surface area contributed by atoms with E-state index < -0.39 is 11.5 Å². The zero-order chi connectivity index (χ0) is 14.0. The van der Waals surface area contributed by atoms with Gasteiger partial charge in [0.15, 0.2) is 0 Å². The molecular weight excluding hydrogens is 252 g/mol. The summed E-state index contributed by atoms with van der Waals surface area (Å²) in [6, 6.07) is 9.51. The van der Waals surface area contributed by atoms with Crippen molar-refractivity contribution in [3.05, 3.63) is 35.9 Å². The highest BCUT2D eigenvalue weighted by atomic mass is 16.5. The molecule has 2 fully saturated rings. The number of benzene rings is 1. The molecule has 1 aliphatic carbocycles. The van der Waals surface area contributed by atoms with E-state index in [2.05, 4.69) is 11.8 Å². The highest BCUT2D eigenvalue weighted by Gasteiger charge is 2.57. The first kappa shape index (κ1) is 13.2. The normalized spacial score (nSPS) is 29.9. The van der Waals surface area contributed by atoms with Crippen molar-refractivity contribution >= 4 is 5.97 Å². The van der Waals surface area contributed by atoms with E-state index in [4.69, 9.17) is 4.74 Å². The number of carbonyl (C=O) groups excluding carboxylic acids is 1. The van der Waals surface area contributed by atoms with E-state index in [1.807, 2.05) is 30.3 Å². The topological polar surface area (TPSA) is 46.5 Å². The molecule has 3 rings (SSSR count). The minimum absolute atomic E-state index is 0.115. The number of cyclic esters (lactones) is 1. The smallest absolute Gasteiger partial charge is 0.316 e. The van der Waals surface area contributed by atoms with Crippen molar-refractivity contribution in [2.75, 3.05) is 6.61 Å². The lowest BCUT2D eigenvalue weighted by molar-refractivity contribution is -0.152. The van der Waals surface area contributed by atoms with Crippen molar-refractivity contribution in [2.45, 2.75) is 31.8 Å². The molecule has 1 aliphatic heterocycles. The van der Waals surface area contributed by atoms with E-state index in [9.17, 15) is 9.90 Å². The number of carbonyl (C=O) groups is 1. The summed E-state index contributed by atoms with van der Waals surface area (Å²) in [6.45, 7) is 0.433. The summed E-state index contributed by atoms with van der Waals surface area (Å²) < 4.78 is 5.21. The summed E-state index contributed by atoms with van der Waals surface area (Å²) >= 11 is 0. The van der Waals surface area contributed by atoms with Crippen molar-refractivity contribution in [1.29, 1.82) is 0 Å². The summed E-state index contributed by atoms with van der Waals surface area (Å²) in [5, 5.41) is 10.5. The molecule has 0 unspecified atom stereocenters. The number of esters is 1. The van der Waals surface area contributed by atoms with E-state index in [0.29, 0.717) is 13.0 Å². The first-order valence-corrected chi connectivity index (χ1v) is 7.15. The second-order valence-electron chi connectivity index (χ2n) is 5.62. The Balaban J connectivity index is 1.87. The molecule has 1 saturated heterocycles. The van der Waals surface area contributed by atoms with Gasteiger partial charge in [0.25, 0.3) is 0 Å². The maximum absolute atomic E-state index is 12.1. The molecule has 1 N–H and O–H groups in total. The molecule has 20 heavy (non-hydrogen) atoms. The number of hydrogen-bond donors (Lipinski definition) is 1. The van der Waals surface area contributed by atoms with Crippen LogP contribution in [0.5, 0.6) is 0 Å².